The molecule has 0 spiro atoms. The summed E-state index contributed by atoms with van der Waals surface area (Å²) in [4.78, 5) is 6.89. The Hall–Kier alpha value is -0.780. The van der Waals surface area contributed by atoms with Gasteiger partial charge in [0.1, 0.15) is 5.82 Å². The van der Waals surface area contributed by atoms with E-state index < -0.39 is 0 Å². The molecule has 2 aromatic rings. The van der Waals surface area contributed by atoms with E-state index in [1.807, 2.05) is 37.6 Å². The van der Waals surface area contributed by atoms with Crippen LogP contribution in [-0.2, 0) is 13.6 Å². The molecule has 1 aliphatic heterocycles. The van der Waals surface area contributed by atoms with E-state index in [1.165, 1.54) is 0 Å². The fourth-order valence-corrected chi connectivity index (χ4v) is 3.16. The van der Waals surface area contributed by atoms with Crippen molar-refractivity contribution in [2.24, 2.45) is 7.05 Å². The van der Waals surface area contributed by atoms with Gasteiger partial charge in [0.15, 0.2) is 0 Å². The van der Waals surface area contributed by atoms with Gasteiger partial charge < -0.3 is 9.88 Å². The van der Waals surface area contributed by atoms with E-state index in [4.69, 9.17) is 23.2 Å². The van der Waals surface area contributed by atoms with Crippen LogP contribution in [0.15, 0.2) is 30.6 Å². The Balaban J connectivity index is 0.00000176. The summed E-state index contributed by atoms with van der Waals surface area (Å²) >= 11 is 12.4. The molecule has 7 heteroatoms. The van der Waals surface area contributed by atoms with Gasteiger partial charge in [-0.15, -0.1) is 12.4 Å². The minimum atomic E-state index is 0. The zero-order valence-electron chi connectivity index (χ0n) is 12.3. The average Bonchev–Trinajstić information content (AvgIpc) is 2.90. The van der Waals surface area contributed by atoms with Gasteiger partial charge in [0.25, 0.3) is 0 Å². The van der Waals surface area contributed by atoms with Gasteiger partial charge >= 0.3 is 0 Å². The molecule has 0 aliphatic carbocycles. The van der Waals surface area contributed by atoms with Gasteiger partial charge in [0.05, 0.1) is 16.1 Å². The molecule has 4 nitrogen and oxygen atoms in total. The van der Waals surface area contributed by atoms with E-state index in [2.05, 4.69) is 19.8 Å². The summed E-state index contributed by atoms with van der Waals surface area (Å²) in [7, 11) is 2.03. The average molecular weight is 362 g/mol. The number of hydrogen-bond acceptors (Lipinski definition) is 3. The number of aromatic nitrogens is 2. The van der Waals surface area contributed by atoms with E-state index in [1.54, 1.807) is 0 Å². The fourth-order valence-electron chi connectivity index (χ4n) is 2.78. The van der Waals surface area contributed by atoms with E-state index in [-0.39, 0.29) is 18.4 Å². The first-order valence-corrected chi connectivity index (χ1v) is 7.77. The van der Waals surface area contributed by atoms with Crippen LogP contribution in [-0.4, -0.2) is 34.1 Å². The highest BCUT2D eigenvalue weighted by molar-refractivity contribution is 6.42. The number of rotatable bonds is 3. The monoisotopic (exact) mass is 360 g/mol. The van der Waals surface area contributed by atoms with E-state index in [0.717, 1.165) is 37.6 Å². The summed E-state index contributed by atoms with van der Waals surface area (Å²) in [5.74, 6) is 1.07. The lowest BCUT2D eigenvalue weighted by molar-refractivity contribution is 0.145. The second kappa shape index (κ2) is 7.66. The Morgan fingerprint density at radius 3 is 2.91 bits per heavy atom. The molecule has 1 atom stereocenters. The standard InChI is InChI=1S/C15H18Cl2N4.ClH/c1-20-7-6-19-15(20)13-9-18-5-8-21(13)10-11-3-2-4-12(16)14(11)17;/h2-4,6-7,13,18H,5,8-10H2,1H3;1H. The van der Waals surface area contributed by atoms with Gasteiger partial charge in [-0.2, -0.15) is 0 Å². The van der Waals surface area contributed by atoms with Gasteiger partial charge in [0.2, 0.25) is 0 Å². The van der Waals surface area contributed by atoms with Crippen molar-refractivity contribution in [3.8, 4) is 0 Å². The van der Waals surface area contributed by atoms with Crippen LogP contribution in [0, 0.1) is 0 Å². The zero-order chi connectivity index (χ0) is 14.8. The lowest BCUT2D eigenvalue weighted by Crippen LogP contribution is -2.46. The van der Waals surface area contributed by atoms with Gasteiger partial charge in [-0.1, -0.05) is 35.3 Å². The summed E-state index contributed by atoms with van der Waals surface area (Å²) < 4.78 is 2.07. The molecular weight excluding hydrogens is 343 g/mol. The first-order valence-electron chi connectivity index (χ1n) is 7.01. The number of halogens is 3. The van der Waals surface area contributed by atoms with Crippen molar-refractivity contribution in [1.82, 2.24) is 19.8 Å². The molecule has 1 aliphatic rings. The van der Waals surface area contributed by atoms with Crippen LogP contribution in [0.1, 0.15) is 17.4 Å². The fraction of sp³-hybridized carbons (Fsp3) is 0.400. The molecule has 1 aromatic carbocycles. The molecule has 1 N–H and O–H groups in total. The molecule has 0 radical (unpaired) electrons. The maximum Gasteiger partial charge on any atom is 0.127 e. The predicted octanol–water partition coefficient (Wildman–Crippen LogP) is 3.30. The van der Waals surface area contributed by atoms with Crippen LogP contribution in [0.5, 0.6) is 0 Å². The van der Waals surface area contributed by atoms with Gasteiger partial charge in [-0.3, -0.25) is 4.90 Å². The quantitative estimate of drug-likeness (QED) is 0.910. The number of imidazole rings is 1. The van der Waals surface area contributed by atoms with Crippen molar-refractivity contribution < 1.29 is 0 Å². The van der Waals surface area contributed by atoms with Crippen LogP contribution in [0.2, 0.25) is 10.0 Å². The van der Waals surface area contributed by atoms with Crippen LogP contribution < -0.4 is 5.32 Å². The molecule has 3 rings (SSSR count). The van der Waals surface area contributed by atoms with Crippen molar-refractivity contribution in [3.63, 3.8) is 0 Å². The van der Waals surface area contributed by atoms with Gasteiger partial charge in [-0.05, 0) is 11.6 Å². The highest BCUT2D eigenvalue weighted by Crippen LogP contribution is 2.29. The first kappa shape index (κ1) is 17.6. The number of nitrogens with zero attached hydrogens (tertiary/aromatic N) is 3. The van der Waals surface area contributed by atoms with E-state index >= 15 is 0 Å². The Kier molecular flexibility index (Phi) is 6.12. The normalized spacial score (nSPS) is 19.0. The molecule has 0 amide bonds. The summed E-state index contributed by atoms with van der Waals surface area (Å²) in [6, 6.07) is 6.04. The molecule has 0 saturated carbocycles. The Morgan fingerprint density at radius 1 is 1.36 bits per heavy atom. The largest absolute Gasteiger partial charge is 0.337 e. The minimum absolute atomic E-state index is 0. The number of nitrogens with one attached hydrogen (secondary N) is 1. The lowest BCUT2D eigenvalue weighted by atomic mass is 10.1. The Bertz CT molecular complexity index is 629. The third kappa shape index (κ3) is 3.58. The smallest absolute Gasteiger partial charge is 0.127 e. The van der Waals surface area contributed by atoms with Crippen LogP contribution in [0.3, 0.4) is 0 Å². The Labute approximate surface area is 146 Å². The molecule has 0 bridgehead atoms. The van der Waals surface area contributed by atoms with Crippen molar-refractivity contribution in [2.45, 2.75) is 12.6 Å². The molecule has 1 aromatic heterocycles. The van der Waals surface area contributed by atoms with Crippen LogP contribution in [0.4, 0.5) is 0 Å². The van der Waals surface area contributed by atoms with Crippen LogP contribution in [0.25, 0.3) is 0 Å². The molecule has 120 valence electrons. The maximum atomic E-state index is 6.32. The number of aryl methyl sites for hydroxylation is 1. The molecule has 22 heavy (non-hydrogen) atoms. The maximum absolute atomic E-state index is 6.32. The number of hydrogen-bond donors (Lipinski definition) is 1. The van der Waals surface area contributed by atoms with Crippen molar-refractivity contribution >= 4 is 35.6 Å². The third-order valence-corrected chi connectivity index (χ3v) is 4.77. The van der Waals surface area contributed by atoms with Crippen molar-refractivity contribution in [3.05, 3.63) is 52.0 Å². The molecule has 2 heterocycles. The SMILES string of the molecule is Cl.Cn1ccnc1C1CNCCN1Cc1cccc(Cl)c1Cl. The summed E-state index contributed by atoms with van der Waals surface area (Å²) in [6.07, 6.45) is 3.82. The number of benzene rings is 1. The van der Waals surface area contributed by atoms with E-state index in [9.17, 15) is 0 Å². The van der Waals surface area contributed by atoms with E-state index in [0.29, 0.717) is 10.0 Å². The lowest BCUT2D eigenvalue weighted by Gasteiger charge is -2.36. The van der Waals surface area contributed by atoms with Crippen LogP contribution >= 0.6 is 35.6 Å². The molecule has 1 saturated heterocycles. The molecule has 1 unspecified atom stereocenters. The van der Waals surface area contributed by atoms with Gasteiger partial charge in [-0.25, -0.2) is 4.98 Å². The van der Waals surface area contributed by atoms with Gasteiger partial charge in [0, 0.05) is 45.6 Å². The second-order valence-corrected chi connectivity index (χ2v) is 6.08. The topological polar surface area (TPSA) is 33.1 Å². The molecule has 1 fully saturated rings. The highest BCUT2D eigenvalue weighted by Gasteiger charge is 2.27. The summed E-state index contributed by atoms with van der Waals surface area (Å²) in [6.45, 7) is 3.60. The Morgan fingerprint density at radius 2 is 2.18 bits per heavy atom. The van der Waals surface area contributed by atoms with Crippen molar-refractivity contribution in [1.29, 1.82) is 0 Å². The summed E-state index contributed by atoms with van der Waals surface area (Å²) in [5, 5.41) is 4.70. The third-order valence-electron chi connectivity index (χ3n) is 3.92. The first-order chi connectivity index (χ1) is 10.2. The number of piperazine rings is 1. The molecular formula is C15H19Cl3N4. The zero-order valence-corrected chi connectivity index (χ0v) is 14.6. The summed E-state index contributed by atoms with van der Waals surface area (Å²) in [5.41, 5.74) is 1.06. The predicted molar refractivity (Wildman–Crippen MR) is 92.9 cm³/mol. The minimum Gasteiger partial charge on any atom is -0.337 e. The highest BCUT2D eigenvalue weighted by atomic mass is 35.5. The second-order valence-electron chi connectivity index (χ2n) is 5.30. The van der Waals surface area contributed by atoms with Crippen molar-refractivity contribution in [2.75, 3.05) is 19.6 Å².